The van der Waals surface area contributed by atoms with Crippen molar-refractivity contribution < 1.29 is 18.8 Å². The molecule has 0 radical (unpaired) electrons. The Morgan fingerprint density at radius 1 is 0.926 bits per heavy atom. The fraction of sp³-hybridized carbons (Fsp3) is 0.0500. The standard InChI is InChI=1S/C20H16NO5P/c1-15(22)26-27(25,18-7-3-2-4-8-18)20-10-6-5-9-19(20)16-11-13-17(14-12-16)21(23)24/h2-14H,1H3. The van der Waals surface area contributed by atoms with E-state index in [1.54, 1.807) is 66.7 Å². The van der Waals surface area contributed by atoms with E-state index in [0.717, 1.165) is 0 Å². The number of carbonyl (C=O) groups is 1. The minimum Gasteiger partial charge on any atom is -0.405 e. The number of nitrogens with zero attached hydrogens (tertiary/aromatic N) is 1. The molecule has 0 saturated heterocycles. The van der Waals surface area contributed by atoms with Gasteiger partial charge in [-0.25, -0.2) is 0 Å². The zero-order valence-electron chi connectivity index (χ0n) is 14.4. The first-order valence-corrected chi connectivity index (χ1v) is 9.74. The van der Waals surface area contributed by atoms with Gasteiger partial charge in [0, 0.05) is 19.1 Å². The predicted molar refractivity (Wildman–Crippen MR) is 104 cm³/mol. The van der Waals surface area contributed by atoms with Crippen LogP contribution in [0.3, 0.4) is 0 Å². The van der Waals surface area contributed by atoms with Gasteiger partial charge in [0.2, 0.25) is 0 Å². The molecule has 0 fully saturated rings. The van der Waals surface area contributed by atoms with Gasteiger partial charge < -0.3 is 4.52 Å². The summed E-state index contributed by atoms with van der Waals surface area (Å²) in [4.78, 5) is 22.1. The second-order valence-electron chi connectivity index (χ2n) is 5.79. The van der Waals surface area contributed by atoms with Crippen molar-refractivity contribution in [3.05, 3.63) is 89.0 Å². The minimum absolute atomic E-state index is 0.0394. The third-order valence-electron chi connectivity index (χ3n) is 3.96. The highest BCUT2D eigenvalue weighted by molar-refractivity contribution is 7.75. The Morgan fingerprint density at radius 2 is 1.52 bits per heavy atom. The first-order valence-electron chi connectivity index (χ1n) is 8.12. The average Bonchev–Trinajstić information content (AvgIpc) is 2.68. The lowest BCUT2D eigenvalue weighted by atomic mass is 10.1. The van der Waals surface area contributed by atoms with Gasteiger partial charge in [-0.05, 0) is 41.5 Å². The van der Waals surface area contributed by atoms with Crippen LogP contribution < -0.4 is 10.6 Å². The normalized spacial score (nSPS) is 12.8. The summed E-state index contributed by atoms with van der Waals surface area (Å²) in [5.74, 6) is -0.652. The fourth-order valence-corrected chi connectivity index (χ4v) is 5.00. The molecule has 0 N–H and O–H groups in total. The SMILES string of the molecule is CC(=O)OP(=O)(c1ccccc1)c1ccccc1-c1ccc([N+](=O)[O-])cc1. The first-order chi connectivity index (χ1) is 12.9. The van der Waals surface area contributed by atoms with Gasteiger partial charge in [0.15, 0.2) is 0 Å². The van der Waals surface area contributed by atoms with Crippen LogP contribution in [0.2, 0.25) is 0 Å². The molecular weight excluding hydrogens is 365 g/mol. The zero-order chi connectivity index (χ0) is 19.4. The van der Waals surface area contributed by atoms with Crippen molar-refractivity contribution in [2.75, 3.05) is 0 Å². The van der Waals surface area contributed by atoms with Crippen molar-refractivity contribution in [2.24, 2.45) is 0 Å². The topological polar surface area (TPSA) is 86.5 Å². The quantitative estimate of drug-likeness (QED) is 0.378. The molecule has 0 spiro atoms. The van der Waals surface area contributed by atoms with Gasteiger partial charge in [0.05, 0.1) is 15.5 Å². The minimum atomic E-state index is -3.70. The molecular formula is C20H16NO5P. The van der Waals surface area contributed by atoms with Gasteiger partial charge >= 0.3 is 13.3 Å². The van der Waals surface area contributed by atoms with Crippen LogP contribution in [-0.4, -0.2) is 10.9 Å². The predicted octanol–water partition coefficient (Wildman–Crippen LogP) is 4.05. The molecule has 0 bridgehead atoms. The second-order valence-corrected chi connectivity index (χ2v) is 8.07. The van der Waals surface area contributed by atoms with Crippen LogP contribution in [0.5, 0.6) is 0 Å². The number of rotatable bonds is 5. The Balaban J connectivity index is 2.19. The molecule has 0 aliphatic heterocycles. The molecule has 0 amide bonds. The third-order valence-corrected chi connectivity index (χ3v) is 6.48. The van der Waals surface area contributed by atoms with Gasteiger partial charge in [-0.2, -0.15) is 0 Å². The van der Waals surface area contributed by atoms with E-state index in [-0.39, 0.29) is 5.69 Å². The van der Waals surface area contributed by atoms with Crippen molar-refractivity contribution >= 4 is 29.6 Å². The molecule has 1 unspecified atom stereocenters. The van der Waals surface area contributed by atoms with Gasteiger partial charge in [-0.15, -0.1) is 0 Å². The maximum absolute atomic E-state index is 13.8. The Bertz CT molecular complexity index is 1030. The van der Waals surface area contributed by atoms with E-state index in [1.807, 2.05) is 0 Å². The highest BCUT2D eigenvalue weighted by Crippen LogP contribution is 2.47. The number of hydrogen-bond acceptors (Lipinski definition) is 5. The van der Waals surface area contributed by atoms with Crippen LogP contribution >= 0.6 is 7.37 Å². The van der Waals surface area contributed by atoms with Crippen LogP contribution in [0.4, 0.5) is 5.69 Å². The molecule has 7 heteroatoms. The van der Waals surface area contributed by atoms with Crippen molar-refractivity contribution in [2.45, 2.75) is 6.92 Å². The molecule has 0 aliphatic rings. The van der Waals surface area contributed by atoms with Gasteiger partial charge in [0.25, 0.3) is 5.69 Å². The van der Waals surface area contributed by atoms with Crippen LogP contribution in [0, 0.1) is 10.1 Å². The fourth-order valence-electron chi connectivity index (χ4n) is 2.78. The molecule has 0 heterocycles. The molecule has 3 aromatic carbocycles. The Kier molecular flexibility index (Phi) is 5.19. The van der Waals surface area contributed by atoms with E-state index in [9.17, 15) is 19.5 Å². The molecule has 3 aromatic rings. The maximum Gasteiger partial charge on any atom is 0.309 e. The summed E-state index contributed by atoms with van der Waals surface area (Å²) in [5.41, 5.74) is 1.18. The monoisotopic (exact) mass is 381 g/mol. The summed E-state index contributed by atoms with van der Waals surface area (Å²) in [6.07, 6.45) is 0. The van der Waals surface area contributed by atoms with Crippen molar-refractivity contribution in [3.63, 3.8) is 0 Å². The lowest BCUT2D eigenvalue weighted by molar-refractivity contribution is -0.384. The molecule has 0 saturated carbocycles. The van der Waals surface area contributed by atoms with Crippen LogP contribution in [0.1, 0.15) is 6.92 Å². The second kappa shape index (κ2) is 7.56. The zero-order valence-corrected chi connectivity index (χ0v) is 15.3. The summed E-state index contributed by atoms with van der Waals surface area (Å²) in [5, 5.41) is 11.6. The molecule has 27 heavy (non-hydrogen) atoms. The summed E-state index contributed by atoms with van der Waals surface area (Å²) >= 11 is 0. The molecule has 3 rings (SSSR count). The summed E-state index contributed by atoms with van der Waals surface area (Å²) in [6, 6.07) is 21.3. The van der Waals surface area contributed by atoms with E-state index in [4.69, 9.17) is 4.52 Å². The molecule has 0 aromatic heterocycles. The Labute approximate surface area is 156 Å². The van der Waals surface area contributed by atoms with Gasteiger partial charge in [-0.3, -0.25) is 19.5 Å². The maximum atomic E-state index is 13.8. The number of nitro benzene ring substituents is 1. The highest BCUT2D eigenvalue weighted by Gasteiger charge is 2.33. The van der Waals surface area contributed by atoms with Crippen LogP contribution in [0.15, 0.2) is 78.9 Å². The van der Waals surface area contributed by atoms with Crippen LogP contribution in [0.25, 0.3) is 11.1 Å². The molecule has 6 nitrogen and oxygen atoms in total. The third kappa shape index (κ3) is 3.81. The summed E-state index contributed by atoms with van der Waals surface area (Å²) < 4.78 is 19.2. The van der Waals surface area contributed by atoms with E-state index >= 15 is 0 Å². The number of hydrogen-bond donors (Lipinski definition) is 0. The largest absolute Gasteiger partial charge is 0.405 e. The van der Waals surface area contributed by atoms with Crippen molar-refractivity contribution in [1.82, 2.24) is 0 Å². The van der Waals surface area contributed by atoms with E-state index < -0.39 is 18.3 Å². The molecule has 1 atom stereocenters. The Hall–Kier alpha value is -3.24. The summed E-state index contributed by atoms with van der Waals surface area (Å²) in [6.45, 7) is 1.21. The highest BCUT2D eigenvalue weighted by atomic mass is 31.2. The Morgan fingerprint density at radius 3 is 2.11 bits per heavy atom. The van der Waals surface area contributed by atoms with Gasteiger partial charge in [0.1, 0.15) is 0 Å². The van der Waals surface area contributed by atoms with Crippen LogP contribution in [-0.2, 0) is 13.9 Å². The molecule has 0 aliphatic carbocycles. The number of benzene rings is 3. The summed E-state index contributed by atoms with van der Waals surface area (Å²) in [7, 11) is -3.70. The van der Waals surface area contributed by atoms with Crippen molar-refractivity contribution in [3.8, 4) is 11.1 Å². The smallest absolute Gasteiger partial charge is 0.309 e. The lowest BCUT2D eigenvalue weighted by Gasteiger charge is -2.21. The molecule has 136 valence electrons. The van der Waals surface area contributed by atoms with Gasteiger partial charge in [-0.1, -0.05) is 36.4 Å². The van der Waals surface area contributed by atoms with E-state index in [2.05, 4.69) is 0 Å². The lowest BCUT2D eigenvalue weighted by Crippen LogP contribution is -2.21. The first kappa shape index (κ1) is 18.5. The average molecular weight is 381 g/mol. The number of non-ortho nitro benzene ring substituents is 1. The van der Waals surface area contributed by atoms with E-state index in [1.165, 1.54) is 19.1 Å². The van der Waals surface area contributed by atoms with E-state index in [0.29, 0.717) is 21.7 Å². The number of carbonyl (C=O) groups excluding carboxylic acids is 1. The van der Waals surface area contributed by atoms with Crippen molar-refractivity contribution in [1.29, 1.82) is 0 Å². The number of nitro groups is 1.